The van der Waals surface area contributed by atoms with E-state index in [9.17, 15) is 8.78 Å². The van der Waals surface area contributed by atoms with Crippen LogP contribution in [0.25, 0.3) is 0 Å². The van der Waals surface area contributed by atoms with Crippen molar-refractivity contribution in [1.29, 1.82) is 5.26 Å². The van der Waals surface area contributed by atoms with Crippen LogP contribution in [-0.4, -0.2) is 4.98 Å². The fourth-order valence-electron chi connectivity index (χ4n) is 0.526. The molecule has 0 N–H and O–H groups in total. The number of halogens is 3. The van der Waals surface area contributed by atoms with Crippen LogP contribution in [0, 0.1) is 23.1 Å². The van der Waals surface area contributed by atoms with Crippen molar-refractivity contribution in [3.63, 3.8) is 0 Å². The predicted octanol–water partition coefficient (Wildman–Crippen LogP) is 1.88. The molecule has 56 valence electrons. The van der Waals surface area contributed by atoms with Crippen LogP contribution in [-0.2, 0) is 0 Å². The fraction of sp³-hybridized carbons (Fsp3) is 0. The van der Waals surface area contributed by atoms with Crippen LogP contribution in [0.2, 0.25) is 5.02 Å². The predicted molar refractivity (Wildman–Crippen MR) is 33.9 cm³/mol. The molecule has 0 aliphatic carbocycles. The Morgan fingerprint density at radius 3 is 2.64 bits per heavy atom. The van der Waals surface area contributed by atoms with Gasteiger partial charge in [-0.1, -0.05) is 11.6 Å². The van der Waals surface area contributed by atoms with Gasteiger partial charge in [0, 0.05) is 6.07 Å². The zero-order chi connectivity index (χ0) is 8.43. The van der Waals surface area contributed by atoms with Crippen molar-refractivity contribution in [2.24, 2.45) is 0 Å². The summed E-state index contributed by atoms with van der Waals surface area (Å²) >= 11 is 5.08. The lowest BCUT2D eigenvalue weighted by molar-refractivity contribution is 0.551. The Bertz CT molecular complexity index is 309. The number of nitrogens with zero attached hydrogens (tertiary/aromatic N) is 2. The van der Waals surface area contributed by atoms with Crippen molar-refractivity contribution in [3.8, 4) is 6.07 Å². The maximum Gasteiger partial charge on any atom is 0.235 e. The molecule has 0 fully saturated rings. The molecule has 0 atom stereocenters. The first kappa shape index (κ1) is 7.89. The van der Waals surface area contributed by atoms with E-state index >= 15 is 0 Å². The second kappa shape index (κ2) is 2.81. The van der Waals surface area contributed by atoms with Gasteiger partial charge in [-0.3, -0.25) is 0 Å². The van der Waals surface area contributed by atoms with Gasteiger partial charge in [0.15, 0.2) is 0 Å². The minimum absolute atomic E-state index is 0.329. The van der Waals surface area contributed by atoms with Gasteiger partial charge in [0.25, 0.3) is 0 Å². The SMILES string of the molecule is N#Cc1cc(F)c(Cl)c(F)n1. The number of hydrogen-bond acceptors (Lipinski definition) is 2. The summed E-state index contributed by atoms with van der Waals surface area (Å²) in [6.07, 6.45) is 0. The molecule has 0 aliphatic heterocycles. The van der Waals surface area contributed by atoms with Crippen molar-refractivity contribution in [1.82, 2.24) is 4.98 Å². The van der Waals surface area contributed by atoms with E-state index in [-0.39, 0.29) is 5.69 Å². The average molecular weight is 175 g/mol. The van der Waals surface area contributed by atoms with Gasteiger partial charge in [0.2, 0.25) is 5.95 Å². The summed E-state index contributed by atoms with van der Waals surface area (Å²) in [4.78, 5) is 3.05. The van der Waals surface area contributed by atoms with E-state index in [1.54, 1.807) is 0 Å². The van der Waals surface area contributed by atoms with E-state index < -0.39 is 16.8 Å². The molecule has 0 spiro atoms. The van der Waals surface area contributed by atoms with E-state index in [2.05, 4.69) is 4.98 Å². The number of nitriles is 1. The molecule has 0 aliphatic rings. The minimum Gasteiger partial charge on any atom is -0.207 e. The normalized spacial score (nSPS) is 9.27. The van der Waals surface area contributed by atoms with Crippen molar-refractivity contribution >= 4 is 11.6 Å². The number of rotatable bonds is 0. The van der Waals surface area contributed by atoms with Crippen LogP contribution < -0.4 is 0 Å². The monoisotopic (exact) mass is 174 g/mol. The highest BCUT2D eigenvalue weighted by Gasteiger charge is 2.09. The molecule has 1 rings (SSSR count). The molecule has 0 radical (unpaired) electrons. The Morgan fingerprint density at radius 2 is 2.18 bits per heavy atom. The molecule has 0 saturated carbocycles. The van der Waals surface area contributed by atoms with Crippen molar-refractivity contribution < 1.29 is 8.78 Å². The summed E-state index contributed by atoms with van der Waals surface area (Å²) in [5.41, 5.74) is -0.329. The molecule has 11 heavy (non-hydrogen) atoms. The van der Waals surface area contributed by atoms with Crippen molar-refractivity contribution in [3.05, 3.63) is 28.5 Å². The number of aromatic nitrogens is 1. The average Bonchev–Trinajstić information content (AvgIpc) is 1.99. The molecular formula is C6HClF2N2. The van der Waals surface area contributed by atoms with E-state index in [1.807, 2.05) is 0 Å². The molecule has 0 aromatic carbocycles. The van der Waals surface area contributed by atoms with Gasteiger partial charge >= 0.3 is 0 Å². The highest BCUT2D eigenvalue weighted by Crippen LogP contribution is 2.16. The van der Waals surface area contributed by atoms with E-state index in [1.165, 1.54) is 6.07 Å². The third-order valence-corrected chi connectivity index (χ3v) is 1.32. The van der Waals surface area contributed by atoms with E-state index in [0.29, 0.717) is 0 Å². The molecular weight excluding hydrogens is 174 g/mol. The van der Waals surface area contributed by atoms with E-state index in [4.69, 9.17) is 16.9 Å². The minimum atomic E-state index is -1.16. The van der Waals surface area contributed by atoms with Gasteiger partial charge in [-0.2, -0.15) is 9.65 Å². The first-order valence-corrected chi connectivity index (χ1v) is 2.94. The van der Waals surface area contributed by atoms with Crippen LogP contribution in [0.15, 0.2) is 6.07 Å². The summed E-state index contributed by atoms with van der Waals surface area (Å²) < 4.78 is 24.9. The Labute approximate surface area is 66.0 Å². The van der Waals surface area contributed by atoms with Gasteiger partial charge in [-0.25, -0.2) is 9.37 Å². The molecule has 1 heterocycles. The van der Waals surface area contributed by atoms with Crippen LogP contribution in [0.5, 0.6) is 0 Å². The smallest absolute Gasteiger partial charge is 0.207 e. The van der Waals surface area contributed by atoms with E-state index in [0.717, 1.165) is 6.07 Å². The molecule has 0 bridgehead atoms. The molecule has 0 amide bonds. The lowest BCUT2D eigenvalue weighted by atomic mass is 10.3. The van der Waals surface area contributed by atoms with Gasteiger partial charge < -0.3 is 0 Å². The van der Waals surface area contributed by atoms with Gasteiger partial charge in [-0.15, -0.1) is 0 Å². The summed E-state index contributed by atoms with van der Waals surface area (Å²) in [7, 11) is 0. The zero-order valence-electron chi connectivity index (χ0n) is 5.11. The Kier molecular flexibility index (Phi) is 2.01. The largest absolute Gasteiger partial charge is 0.235 e. The first-order valence-electron chi connectivity index (χ1n) is 2.57. The topological polar surface area (TPSA) is 36.7 Å². The molecule has 0 unspecified atom stereocenters. The molecule has 1 aromatic heterocycles. The number of hydrogen-bond donors (Lipinski definition) is 0. The lowest BCUT2D eigenvalue weighted by Gasteiger charge is -1.94. The summed E-state index contributed by atoms with van der Waals surface area (Å²) in [5.74, 6) is -2.14. The zero-order valence-corrected chi connectivity index (χ0v) is 5.86. The summed E-state index contributed by atoms with van der Waals surface area (Å²) in [5, 5.41) is 7.50. The second-order valence-electron chi connectivity index (χ2n) is 1.71. The molecule has 2 nitrogen and oxygen atoms in total. The third kappa shape index (κ3) is 1.44. The maximum absolute atomic E-state index is 12.5. The lowest BCUT2D eigenvalue weighted by Crippen LogP contribution is -1.92. The standard InChI is InChI=1S/C6HClF2N2/c7-5-4(8)1-3(2-10)11-6(5)9/h1H. The highest BCUT2D eigenvalue weighted by atomic mass is 35.5. The maximum atomic E-state index is 12.5. The van der Waals surface area contributed by atoms with Crippen LogP contribution in [0.4, 0.5) is 8.78 Å². The van der Waals surface area contributed by atoms with Crippen LogP contribution in [0.1, 0.15) is 5.69 Å². The first-order chi connectivity index (χ1) is 5.15. The summed E-state index contributed by atoms with van der Waals surface area (Å²) in [6, 6.07) is 2.26. The Balaban J connectivity index is 3.35. The molecule has 1 aromatic rings. The van der Waals surface area contributed by atoms with Gasteiger partial charge in [0.1, 0.15) is 22.6 Å². The van der Waals surface area contributed by atoms with Gasteiger partial charge in [-0.05, 0) is 0 Å². The fourth-order valence-corrected chi connectivity index (χ4v) is 0.623. The molecule has 5 heteroatoms. The highest BCUT2D eigenvalue weighted by molar-refractivity contribution is 6.30. The van der Waals surface area contributed by atoms with Gasteiger partial charge in [0.05, 0.1) is 0 Å². The molecule has 0 saturated heterocycles. The Morgan fingerprint density at radius 1 is 1.55 bits per heavy atom. The van der Waals surface area contributed by atoms with Crippen LogP contribution >= 0.6 is 11.6 Å². The Hall–Kier alpha value is -1.21. The van der Waals surface area contributed by atoms with Crippen LogP contribution in [0.3, 0.4) is 0 Å². The van der Waals surface area contributed by atoms with Crippen molar-refractivity contribution in [2.45, 2.75) is 0 Å². The quantitative estimate of drug-likeness (QED) is 0.563. The summed E-state index contributed by atoms with van der Waals surface area (Å²) in [6.45, 7) is 0. The van der Waals surface area contributed by atoms with Crippen molar-refractivity contribution in [2.75, 3.05) is 0 Å². The second-order valence-corrected chi connectivity index (χ2v) is 2.08. The number of pyridine rings is 1. The third-order valence-electron chi connectivity index (χ3n) is 0.987.